The fourth-order valence-electron chi connectivity index (χ4n) is 3.16. The van der Waals surface area contributed by atoms with Crippen LogP contribution in [-0.2, 0) is 11.3 Å². The average Bonchev–Trinajstić information content (AvgIpc) is 3.27. The van der Waals surface area contributed by atoms with Crippen LogP contribution in [0.3, 0.4) is 0 Å². The van der Waals surface area contributed by atoms with Gasteiger partial charge >= 0.3 is 0 Å². The summed E-state index contributed by atoms with van der Waals surface area (Å²) in [4.78, 5) is 35.8. The molecular formula is C21H14N2O5. The first kappa shape index (κ1) is 17.4. The second-order valence-corrected chi connectivity index (χ2v) is 6.24. The maximum Gasteiger partial charge on any atom is 0.269 e. The minimum Gasteiger partial charge on any atom is -0.456 e. The van der Waals surface area contributed by atoms with Crippen molar-refractivity contribution < 1.29 is 18.9 Å². The molecule has 4 rings (SSSR count). The Morgan fingerprint density at radius 3 is 2.46 bits per heavy atom. The number of nitro groups is 1. The predicted octanol–water partition coefficient (Wildman–Crippen LogP) is 4.09. The number of carbonyl (C=O) groups is 2. The van der Waals surface area contributed by atoms with Crippen molar-refractivity contribution in [1.82, 2.24) is 0 Å². The first-order valence-electron chi connectivity index (χ1n) is 8.48. The summed E-state index contributed by atoms with van der Waals surface area (Å²) in [5, 5.41) is 10.8. The highest BCUT2D eigenvalue weighted by molar-refractivity contribution is 6.35. The summed E-state index contributed by atoms with van der Waals surface area (Å²) >= 11 is 0. The monoisotopic (exact) mass is 374 g/mol. The number of amides is 1. The number of carbonyl (C=O) groups excluding carboxylic acids is 2. The van der Waals surface area contributed by atoms with Crippen LogP contribution in [0.4, 0.5) is 11.4 Å². The predicted molar refractivity (Wildman–Crippen MR) is 103 cm³/mol. The first-order chi connectivity index (χ1) is 13.6. The molecule has 0 fully saturated rings. The first-order valence-corrected chi connectivity index (χ1v) is 8.48. The molecule has 0 bridgehead atoms. The van der Waals surface area contributed by atoms with Gasteiger partial charge in [0.25, 0.3) is 11.6 Å². The van der Waals surface area contributed by atoms with Crippen LogP contribution >= 0.6 is 0 Å². The number of rotatable bonds is 5. The maximum atomic E-state index is 13.1. The summed E-state index contributed by atoms with van der Waals surface area (Å²) < 4.78 is 5.40. The van der Waals surface area contributed by atoms with Gasteiger partial charge in [-0.2, -0.15) is 0 Å². The van der Waals surface area contributed by atoms with E-state index in [1.54, 1.807) is 35.2 Å². The van der Waals surface area contributed by atoms with Crippen LogP contribution in [-0.4, -0.2) is 17.1 Å². The lowest BCUT2D eigenvalue weighted by Gasteiger charge is -2.15. The topological polar surface area (TPSA) is 93.7 Å². The second kappa shape index (κ2) is 6.96. The Hall–Kier alpha value is -4.00. The SMILES string of the molecule is O=Cc1ccc(CN2C(=O)/C(=C\c3ccc([N+](=O)[O-])cc3)c3ccccc32)o1. The van der Waals surface area contributed by atoms with E-state index < -0.39 is 4.92 Å². The Morgan fingerprint density at radius 1 is 1.04 bits per heavy atom. The average molecular weight is 374 g/mol. The van der Waals surface area contributed by atoms with Crippen molar-refractivity contribution in [3.63, 3.8) is 0 Å². The van der Waals surface area contributed by atoms with Gasteiger partial charge in [0.2, 0.25) is 0 Å². The van der Waals surface area contributed by atoms with Gasteiger partial charge in [0.1, 0.15) is 5.76 Å². The van der Waals surface area contributed by atoms with Crippen molar-refractivity contribution in [2.45, 2.75) is 6.54 Å². The molecule has 0 unspecified atom stereocenters. The van der Waals surface area contributed by atoms with Crippen molar-refractivity contribution in [1.29, 1.82) is 0 Å². The fraction of sp³-hybridized carbons (Fsp3) is 0.0476. The highest BCUT2D eigenvalue weighted by Gasteiger charge is 2.32. The summed E-state index contributed by atoms with van der Waals surface area (Å²) in [7, 11) is 0. The Labute approximate surface area is 159 Å². The lowest BCUT2D eigenvalue weighted by molar-refractivity contribution is -0.384. The molecule has 138 valence electrons. The quantitative estimate of drug-likeness (QED) is 0.290. The molecular weight excluding hydrogens is 360 g/mol. The lowest BCUT2D eigenvalue weighted by atomic mass is 10.0. The minimum atomic E-state index is -0.467. The molecule has 1 aliphatic heterocycles. The number of aldehydes is 1. The molecule has 0 spiro atoms. The number of para-hydroxylation sites is 1. The smallest absolute Gasteiger partial charge is 0.269 e. The Morgan fingerprint density at radius 2 is 1.79 bits per heavy atom. The normalized spacial score (nSPS) is 14.4. The number of nitro benzene ring substituents is 1. The zero-order valence-electron chi connectivity index (χ0n) is 14.6. The van der Waals surface area contributed by atoms with E-state index in [1.165, 1.54) is 12.1 Å². The van der Waals surface area contributed by atoms with Crippen LogP contribution in [0.2, 0.25) is 0 Å². The van der Waals surface area contributed by atoms with Crippen molar-refractivity contribution in [3.05, 3.63) is 93.4 Å². The number of hydrogen-bond acceptors (Lipinski definition) is 5. The summed E-state index contributed by atoms with van der Waals surface area (Å²) in [5.74, 6) is 0.502. The zero-order chi connectivity index (χ0) is 19.7. The van der Waals surface area contributed by atoms with Crippen molar-refractivity contribution >= 4 is 35.2 Å². The van der Waals surface area contributed by atoms with Gasteiger partial charge in [-0.25, -0.2) is 0 Å². The van der Waals surface area contributed by atoms with Crippen LogP contribution in [0, 0.1) is 10.1 Å². The van der Waals surface area contributed by atoms with Gasteiger partial charge < -0.3 is 9.32 Å². The van der Waals surface area contributed by atoms with Crippen molar-refractivity contribution in [3.8, 4) is 0 Å². The van der Waals surface area contributed by atoms with E-state index in [4.69, 9.17) is 4.42 Å². The molecule has 0 aliphatic carbocycles. The highest BCUT2D eigenvalue weighted by Crippen LogP contribution is 2.38. The van der Waals surface area contributed by atoms with E-state index in [0.717, 1.165) is 11.3 Å². The number of non-ortho nitro benzene ring substituents is 1. The van der Waals surface area contributed by atoms with Crippen LogP contribution < -0.4 is 4.90 Å². The highest BCUT2D eigenvalue weighted by atomic mass is 16.6. The molecule has 7 heteroatoms. The molecule has 0 radical (unpaired) electrons. The van der Waals surface area contributed by atoms with E-state index in [2.05, 4.69) is 0 Å². The second-order valence-electron chi connectivity index (χ2n) is 6.24. The molecule has 0 saturated carbocycles. The Balaban J connectivity index is 1.69. The molecule has 3 aromatic rings. The zero-order valence-corrected chi connectivity index (χ0v) is 14.6. The third-order valence-corrected chi connectivity index (χ3v) is 4.49. The molecule has 1 aliphatic rings. The van der Waals surface area contributed by atoms with E-state index in [9.17, 15) is 19.7 Å². The molecule has 0 atom stereocenters. The van der Waals surface area contributed by atoms with Gasteiger partial charge in [-0.15, -0.1) is 0 Å². The minimum absolute atomic E-state index is 0.00859. The van der Waals surface area contributed by atoms with Gasteiger partial charge in [0, 0.05) is 23.3 Å². The molecule has 1 amide bonds. The molecule has 0 N–H and O–H groups in total. The molecule has 2 heterocycles. The summed E-state index contributed by atoms with van der Waals surface area (Å²) in [6.45, 7) is 0.196. The number of fused-ring (bicyclic) bond motifs is 1. The largest absolute Gasteiger partial charge is 0.456 e. The molecule has 2 aromatic carbocycles. The number of nitrogens with zero attached hydrogens (tertiary/aromatic N) is 2. The summed E-state index contributed by atoms with van der Waals surface area (Å²) in [5.41, 5.74) is 2.68. The standard InChI is InChI=1S/C21H14N2O5/c24-13-17-10-9-16(28-17)12-22-20-4-2-1-3-18(20)19(21(22)25)11-14-5-7-15(8-6-14)23(26)27/h1-11,13H,12H2/b19-11-. The van der Waals surface area contributed by atoms with E-state index in [0.29, 0.717) is 23.2 Å². The fourth-order valence-corrected chi connectivity index (χ4v) is 3.16. The van der Waals surface area contributed by atoms with Crippen LogP contribution in [0.15, 0.2) is 65.1 Å². The van der Waals surface area contributed by atoms with Gasteiger partial charge in [-0.1, -0.05) is 18.2 Å². The van der Waals surface area contributed by atoms with Crippen LogP contribution in [0.5, 0.6) is 0 Å². The third kappa shape index (κ3) is 3.09. The van der Waals surface area contributed by atoms with Gasteiger partial charge in [0.15, 0.2) is 12.0 Å². The van der Waals surface area contributed by atoms with Crippen molar-refractivity contribution in [2.75, 3.05) is 4.90 Å². The van der Waals surface area contributed by atoms with Crippen LogP contribution in [0.1, 0.15) is 27.4 Å². The van der Waals surface area contributed by atoms with E-state index in [1.807, 2.05) is 24.3 Å². The Kier molecular flexibility index (Phi) is 4.33. The molecule has 28 heavy (non-hydrogen) atoms. The van der Waals surface area contributed by atoms with Gasteiger partial charge in [-0.3, -0.25) is 19.7 Å². The van der Waals surface area contributed by atoms with Crippen LogP contribution in [0.25, 0.3) is 11.6 Å². The van der Waals surface area contributed by atoms with Crippen molar-refractivity contribution in [2.24, 2.45) is 0 Å². The number of furan rings is 1. The summed E-state index contributed by atoms with van der Waals surface area (Å²) in [6, 6.07) is 16.6. The Bertz CT molecular complexity index is 1110. The number of benzene rings is 2. The number of hydrogen-bond donors (Lipinski definition) is 0. The van der Waals surface area contributed by atoms with Gasteiger partial charge in [-0.05, 0) is 42.0 Å². The lowest BCUT2D eigenvalue weighted by Crippen LogP contribution is -2.25. The molecule has 7 nitrogen and oxygen atoms in total. The summed E-state index contributed by atoms with van der Waals surface area (Å²) in [6.07, 6.45) is 2.33. The molecule has 1 aromatic heterocycles. The van der Waals surface area contributed by atoms with E-state index >= 15 is 0 Å². The number of anilines is 1. The van der Waals surface area contributed by atoms with Gasteiger partial charge in [0.05, 0.1) is 17.2 Å². The maximum absolute atomic E-state index is 13.1. The van der Waals surface area contributed by atoms with E-state index in [-0.39, 0.29) is 23.9 Å². The molecule has 0 saturated heterocycles. The third-order valence-electron chi connectivity index (χ3n) is 4.49.